The number of benzene rings is 1. The van der Waals surface area contributed by atoms with E-state index in [1.165, 1.54) is 4.90 Å². The first-order valence-electron chi connectivity index (χ1n) is 8.77. The number of hydrogen-bond donors (Lipinski definition) is 1. The van der Waals surface area contributed by atoms with E-state index in [1.54, 1.807) is 0 Å². The summed E-state index contributed by atoms with van der Waals surface area (Å²) in [6.07, 6.45) is 1.03. The van der Waals surface area contributed by atoms with E-state index in [0.717, 1.165) is 18.3 Å². The number of rotatable bonds is 6. The lowest BCUT2D eigenvalue weighted by molar-refractivity contribution is 0.00578. The van der Waals surface area contributed by atoms with Gasteiger partial charge in [-0.1, -0.05) is 12.1 Å². The first-order valence-corrected chi connectivity index (χ1v) is 8.77. The molecule has 0 spiro atoms. The van der Waals surface area contributed by atoms with Crippen LogP contribution >= 0.6 is 0 Å². The highest BCUT2D eigenvalue weighted by atomic mass is 16.7. The second-order valence-corrected chi connectivity index (χ2v) is 7.71. The van der Waals surface area contributed by atoms with Crippen LogP contribution in [-0.4, -0.2) is 53.6 Å². The van der Waals surface area contributed by atoms with Crippen molar-refractivity contribution < 1.29 is 23.9 Å². The summed E-state index contributed by atoms with van der Waals surface area (Å²) in [4.78, 5) is 12.6. The minimum absolute atomic E-state index is 0.173. The minimum Gasteiger partial charge on any atom is -0.492 e. The largest absolute Gasteiger partial charge is 0.494 e. The molecule has 1 aliphatic carbocycles. The highest BCUT2D eigenvalue weighted by Crippen LogP contribution is 2.36. The molecule has 2 aliphatic rings. The van der Waals surface area contributed by atoms with Crippen molar-refractivity contribution in [1.82, 2.24) is 4.90 Å². The molecule has 136 valence electrons. The maximum atomic E-state index is 11.2. The van der Waals surface area contributed by atoms with E-state index in [0.29, 0.717) is 18.9 Å². The topological polar surface area (TPSA) is 68.2 Å². The van der Waals surface area contributed by atoms with E-state index in [-0.39, 0.29) is 17.2 Å². The molecule has 6 nitrogen and oxygen atoms in total. The Morgan fingerprint density at radius 1 is 1.20 bits per heavy atom. The molecule has 1 aromatic carbocycles. The zero-order valence-corrected chi connectivity index (χ0v) is 15.3. The molecule has 1 aliphatic heterocycles. The average Bonchev–Trinajstić information content (AvgIpc) is 3.31. The van der Waals surface area contributed by atoms with Crippen LogP contribution in [0.1, 0.15) is 40.5 Å². The molecule has 1 amide bonds. The van der Waals surface area contributed by atoms with Gasteiger partial charge in [0, 0.05) is 6.04 Å². The van der Waals surface area contributed by atoms with Crippen molar-refractivity contribution in [1.29, 1.82) is 0 Å². The monoisotopic (exact) mass is 347 g/mol. The Kier molecular flexibility index (Phi) is 4.73. The van der Waals surface area contributed by atoms with Crippen molar-refractivity contribution in [3.63, 3.8) is 0 Å². The lowest BCUT2D eigenvalue weighted by Crippen LogP contribution is -2.41. The molecule has 3 rings (SSSR count). The maximum absolute atomic E-state index is 11.2. The van der Waals surface area contributed by atoms with Gasteiger partial charge in [-0.15, -0.1) is 0 Å². The summed E-state index contributed by atoms with van der Waals surface area (Å²) in [5, 5.41) is 9.17. The van der Waals surface area contributed by atoms with E-state index in [2.05, 4.69) is 0 Å². The Morgan fingerprint density at radius 2 is 1.76 bits per heavy atom. The number of carbonyl (C=O) groups is 1. The van der Waals surface area contributed by atoms with E-state index < -0.39 is 13.2 Å². The van der Waals surface area contributed by atoms with Crippen molar-refractivity contribution in [2.24, 2.45) is 0 Å². The van der Waals surface area contributed by atoms with Gasteiger partial charge in [0.1, 0.15) is 12.4 Å². The second kappa shape index (κ2) is 6.54. The van der Waals surface area contributed by atoms with Crippen molar-refractivity contribution in [2.75, 3.05) is 13.2 Å². The summed E-state index contributed by atoms with van der Waals surface area (Å²) in [5.41, 5.74) is 0.211. The van der Waals surface area contributed by atoms with Crippen LogP contribution in [-0.2, 0) is 9.31 Å². The van der Waals surface area contributed by atoms with Gasteiger partial charge in [-0.3, -0.25) is 0 Å². The number of carboxylic acid groups (broad SMARTS) is 1. The first-order chi connectivity index (χ1) is 11.7. The van der Waals surface area contributed by atoms with Gasteiger partial charge in [0.15, 0.2) is 0 Å². The van der Waals surface area contributed by atoms with Gasteiger partial charge in [-0.05, 0) is 58.1 Å². The number of ether oxygens (including phenoxy) is 1. The lowest BCUT2D eigenvalue weighted by atomic mass is 9.79. The number of hydrogen-bond acceptors (Lipinski definition) is 4. The van der Waals surface area contributed by atoms with Crippen LogP contribution in [0.25, 0.3) is 0 Å². The molecule has 1 heterocycles. The highest BCUT2D eigenvalue weighted by Gasteiger charge is 2.51. The molecule has 0 aromatic heterocycles. The van der Waals surface area contributed by atoms with Gasteiger partial charge in [0.2, 0.25) is 0 Å². The van der Waals surface area contributed by atoms with Gasteiger partial charge in [-0.25, -0.2) is 4.79 Å². The molecule has 0 unspecified atom stereocenters. The molecule has 1 aromatic rings. The van der Waals surface area contributed by atoms with Crippen LogP contribution < -0.4 is 10.2 Å². The van der Waals surface area contributed by atoms with E-state index >= 15 is 0 Å². The quantitative estimate of drug-likeness (QED) is 0.801. The molecule has 0 radical (unpaired) electrons. The molecule has 0 atom stereocenters. The SMILES string of the molecule is CC1(C)OB(c2ccc(OCCN(C(=O)O)C3CC3)cc2)OC1(C)C. The molecule has 25 heavy (non-hydrogen) atoms. The first kappa shape index (κ1) is 18.1. The van der Waals surface area contributed by atoms with Gasteiger partial charge in [0.25, 0.3) is 0 Å². The normalized spacial score (nSPS) is 21.2. The summed E-state index contributed by atoms with van der Waals surface area (Å²) in [6, 6.07) is 7.75. The van der Waals surface area contributed by atoms with Gasteiger partial charge >= 0.3 is 13.2 Å². The van der Waals surface area contributed by atoms with Gasteiger partial charge in [-0.2, -0.15) is 0 Å². The van der Waals surface area contributed by atoms with Crippen molar-refractivity contribution >= 4 is 18.7 Å². The Labute approximate surface area is 149 Å². The molecule has 1 saturated heterocycles. The Hall–Kier alpha value is -1.73. The van der Waals surface area contributed by atoms with Gasteiger partial charge < -0.3 is 24.1 Å². The zero-order valence-electron chi connectivity index (χ0n) is 15.3. The molecule has 0 bridgehead atoms. The van der Waals surface area contributed by atoms with Gasteiger partial charge in [0.05, 0.1) is 17.7 Å². The molecule has 1 N–H and O–H groups in total. The van der Waals surface area contributed by atoms with Crippen LogP contribution in [0.4, 0.5) is 4.79 Å². The standard InChI is InChI=1S/C18H26BNO5/c1-17(2)18(3,4)25-19(24-17)13-5-9-15(10-6-13)23-12-11-20(16(21)22)14-7-8-14/h5-6,9-10,14H,7-8,11-12H2,1-4H3,(H,21,22). The number of amides is 1. The molecular formula is C18H26BNO5. The second-order valence-electron chi connectivity index (χ2n) is 7.71. The predicted molar refractivity (Wildman–Crippen MR) is 95.4 cm³/mol. The lowest BCUT2D eigenvalue weighted by Gasteiger charge is -2.32. The Bertz CT molecular complexity index is 611. The third-order valence-corrected chi connectivity index (χ3v) is 5.24. The smallest absolute Gasteiger partial charge is 0.492 e. The molecule has 1 saturated carbocycles. The molecule has 2 fully saturated rings. The highest BCUT2D eigenvalue weighted by molar-refractivity contribution is 6.62. The van der Waals surface area contributed by atoms with Crippen molar-refractivity contribution in [3.8, 4) is 5.75 Å². The number of nitrogens with zero attached hydrogens (tertiary/aromatic N) is 1. The third kappa shape index (κ3) is 3.93. The average molecular weight is 347 g/mol. The van der Waals surface area contributed by atoms with Crippen LogP contribution in [0, 0.1) is 0 Å². The summed E-state index contributed by atoms with van der Waals surface area (Å²) >= 11 is 0. The van der Waals surface area contributed by atoms with E-state index in [4.69, 9.17) is 19.2 Å². The maximum Gasteiger partial charge on any atom is 0.494 e. The van der Waals surface area contributed by atoms with Crippen molar-refractivity contribution in [2.45, 2.75) is 57.8 Å². The predicted octanol–water partition coefficient (Wildman–Crippen LogP) is 2.51. The fraction of sp³-hybridized carbons (Fsp3) is 0.611. The molecular weight excluding hydrogens is 321 g/mol. The van der Waals surface area contributed by atoms with Crippen LogP contribution in [0.5, 0.6) is 5.75 Å². The fourth-order valence-electron chi connectivity index (χ4n) is 2.78. The summed E-state index contributed by atoms with van der Waals surface area (Å²) in [5.74, 6) is 0.710. The van der Waals surface area contributed by atoms with Crippen LogP contribution in [0.15, 0.2) is 24.3 Å². The van der Waals surface area contributed by atoms with Crippen LogP contribution in [0.2, 0.25) is 0 Å². The summed E-state index contributed by atoms with van der Waals surface area (Å²) in [7, 11) is -0.392. The minimum atomic E-state index is -0.873. The Morgan fingerprint density at radius 3 is 2.24 bits per heavy atom. The summed E-state index contributed by atoms with van der Waals surface area (Å²) in [6.45, 7) is 8.84. The van der Waals surface area contributed by atoms with Crippen LogP contribution in [0.3, 0.4) is 0 Å². The van der Waals surface area contributed by atoms with E-state index in [1.807, 2.05) is 52.0 Å². The zero-order chi connectivity index (χ0) is 18.2. The fourth-order valence-corrected chi connectivity index (χ4v) is 2.78. The van der Waals surface area contributed by atoms with E-state index in [9.17, 15) is 4.79 Å². The molecule has 7 heteroatoms. The third-order valence-electron chi connectivity index (χ3n) is 5.24. The summed E-state index contributed by atoms with van der Waals surface area (Å²) < 4.78 is 17.7. The Balaban J connectivity index is 1.53. The van der Waals surface area contributed by atoms with Crippen molar-refractivity contribution in [3.05, 3.63) is 24.3 Å².